The van der Waals surface area contributed by atoms with Crippen molar-refractivity contribution in [3.05, 3.63) is 59.1 Å². The van der Waals surface area contributed by atoms with Gasteiger partial charge in [0.1, 0.15) is 0 Å². The Kier molecular flexibility index (Phi) is 5.00. The molecule has 0 aliphatic heterocycles. The van der Waals surface area contributed by atoms with Gasteiger partial charge in [-0.25, -0.2) is 0 Å². The summed E-state index contributed by atoms with van der Waals surface area (Å²) < 4.78 is 0. The van der Waals surface area contributed by atoms with Gasteiger partial charge in [0.05, 0.1) is 0 Å². The fourth-order valence-electron chi connectivity index (χ4n) is 2.26. The van der Waals surface area contributed by atoms with E-state index in [1.54, 1.807) is 0 Å². The molecule has 100 valence electrons. The molecule has 0 bridgehead atoms. The van der Waals surface area contributed by atoms with Crippen molar-refractivity contribution in [1.29, 1.82) is 0 Å². The fourth-order valence-corrected chi connectivity index (χ4v) is 2.45. The summed E-state index contributed by atoms with van der Waals surface area (Å²) in [6.45, 7) is 5.42. The molecule has 0 saturated heterocycles. The van der Waals surface area contributed by atoms with Crippen LogP contribution in [0.2, 0.25) is 5.02 Å². The molecule has 0 aliphatic rings. The second kappa shape index (κ2) is 6.74. The summed E-state index contributed by atoms with van der Waals surface area (Å²) in [6.07, 6.45) is 1.14. The van der Waals surface area contributed by atoms with Gasteiger partial charge in [-0.2, -0.15) is 0 Å². The first-order valence-electron chi connectivity index (χ1n) is 6.80. The molecule has 0 saturated carbocycles. The van der Waals surface area contributed by atoms with Gasteiger partial charge in [-0.15, -0.1) is 0 Å². The second-order valence-corrected chi connectivity index (χ2v) is 5.21. The Morgan fingerprint density at radius 1 is 1.11 bits per heavy atom. The molecule has 0 radical (unpaired) electrons. The predicted molar refractivity (Wildman–Crippen MR) is 83.6 cm³/mol. The quantitative estimate of drug-likeness (QED) is 0.802. The van der Waals surface area contributed by atoms with Crippen molar-refractivity contribution in [2.24, 2.45) is 0 Å². The van der Waals surface area contributed by atoms with E-state index in [0.29, 0.717) is 6.04 Å². The first-order valence-corrected chi connectivity index (χ1v) is 7.18. The van der Waals surface area contributed by atoms with Crippen LogP contribution in [0.25, 0.3) is 11.1 Å². The van der Waals surface area contributed by atoms with Crippen LogP contribution >= 0.6 is 11.6 Å². The maximum atomic E-state index is 6.09. The maximum Gasteiger partial charge on any atom is 0.0412 e. The normalized spacial score (nSPS) is 12.4. The molecule has 1 atom stereocenters. The molecule has 0 amide bonds. The van der Waals surface area contributed by atoms with Crippen molar-refractivity contribution in [2.45, 2.75) is 26.3 Å². The molecule has 19 heavy (non-hydrogen) atoms. The average Bonchev–Trinajstić information content (AvgIpc) is 2.45. The number of hydrogen-bond acceptors (Lipinski definition) is 1. The highest BCUT2D eigenvalue weighted by atomic mass is 35.5. The highest BCUT2D eigenvalue weighted by molar-refractivity contribution is 6.30. The van der Waals surface area contributed by atoms with Crippen LogP contribution in [0, 0.1) is 0 Å². The molecule has 1 N–H and O–H groups in total. The van der Waals surface area contributed by atoms with Gasteiger partial charge in [-0.3, -0.25) is 0 Å². The second-order valence-electron chi connectivity index (χ2n) is 4.77. The Morgan fingerprint density at radius 3 is 2.63 bits per heavy atom. The Morgan fingerprint density at radius 2 is 1.89 bits per heavy atom. The van der Waals surface area contributed by atoms with E-state index in [9.17, 15) is 0 Å². The van der Waals surface area contributed by atoms with E-state index in [0.717, 1.165) is 18.0 Å². The summed E-state index contributed by atoms with van der Waals surface area (Å²) in [5.74, 6) is 0. The SMILES string of the molecule is CCCNC(C)c1ccccc1-c1cccc(Cl)c1. The lowest BCUT2D eigenvalue weighted by molar-refractivity contribution is 0.572. The van der Waals surface area contributed by atoms with E-state index in [4.69, 9.17) is 11.6 Å². The number of hydrogen-bond donors (Lipinski definition) is 1. The van der Waals surface area contributed by atoms with Crippen LogP contribution in [0.15, 0.2) is 48.5 Å². The fraction of sp³-hybridized carbons (Fsp3) is 0.294. The zero-order chi connectivity index (χ0) is 13.7. The highest BCUT2D eigenvalue weighted by Gasteiger charge is 2.10. The molecule has 0 fully saturated rings. The molecule has 2 heteroatoms. The summed E-state index contributed by atoms with van der Waals surface area (Å²) in [5.41, 5.74) is 3.74. The van der Waals surface area contributed by atoms with Crippen LogP contribution in [0.4, 0.5) is 0 Å². The molecule has 0 aromatic heterocycles. The smallest absolute Gasteiger partial charge is 0.0412 e. The molecule has 0 heterocycles. The monoisotopic (exact) mass is 273 g/mol. The minimum Gasteiger partial charge on any atom is -0.310 e. The number of halogens is 1. The van der Waals surface area contributed by atoms with Gasteiger partial charge >= 0.3 is 0 Å². The van der Waals surface area contributed by atoms with Crippen molar-refractivity contribution in [2.75, 3.05) is 6.54 Å². The number of benzene rings is 2. The third-order valence-corrected chi connectivity index (χ3v) is 3.50. The van der Waals surface area contributed by atoms with Gasteiger partial charge in [0.2, 0.25) is 0 Å². The average molecular weight is 274 g/mol. The van der Waals surface area contributed by atoms with E-state index in [1.807, 2.05) is 18.2 Å². The summed E-state index contributed by atoms with van der Waals surface area (Å²) >= 11 is 6.09. The van der Waals surface area contributed by atoms with Crippen LogP contribution in [-0.4, -0.2) is 6.54 Å². The van der Waals surface area contributed by atoms with E-state index in [1.165, 1.54) is 16.7 Å². The Labute approximate surface area is 120 Å². The van der Waals surface area contributed by atoms with E-state index in [-0.39, 0.29) is 0 Å². The minimum atomic E-state index is 0.343. The lowest BCUT2D eigenvalue weighted by Gasteiger charge is -2.18. The van der Waals surface area contributed by atoms with Crippen molar-refractivity contribution < 1.29 is 0 Å². The first kappa shape index (κ1) is 14.1. The largest absolute Gasteiger partial charge is 0.310 e. The van der Waals surface area contributed by atoms with Crippen molar-refractivity contribution in [1.82, 2.24) is 5.32 Å². The minimum absolute atomic E-state index is 0.343. The van der Waals surface area contributed by atoms with Crippen LogP contribution in [0.3, 0.4) is 0 Å². The van der Waals surface area contributed by atoms with Crippen molar-refractivity contribution >= 4 is 11.6 Å². The zero-order valence-corrected chi connectivity index (χ0v) is 12.2. The Bertz CT molecular complexity index is 536. The van der Waals surface area contributed by atoms with Gasteiger partial charge in [0, 0.05) is 11.1 Å². The lowest BCUT2D eigenvalue weighted by atomic mass is 9.95. The summed E-state index contributed by atoms with van der Waals surface area (Å²) in [6, 6.07) is 16.9. The molecule has 1 nitrogen and oxygen atoms in total. The molecule has 2 aromatic carbocycles. The number of rotatable bonds is 5. The van der Waals surface area contributed by atoms with E-state index >= 15 is 0 Å². The van der Waals surface area contributed by atoms with E-state index < -0.39 is 0 Å². The molecule has 2 aromatic rings. The number of nitrogens with one attached hydrogen (secondary N) is 1. The van der Waals surface area contributed by atoms with Crippen LogP contribution in [-0.2, 0) is 0 Å². The van der Waals surface area contributed by atoms with Crippen molar-refractivity contribution in [3.63, 3.8) is 0 Å². The third-order valence-electron chi connectivity index (χ3n) is 3.26. The summed E-state index contributed by atoms with van der Waals surface area (Å²) in [4.78, 5) is 0. The lowest BCUT2D eigenvalue weighted by Crippen LogP contribution is -2.19. The maximum absolute atomic E-state index is 6.09. The topological polar surface area (TPSA) is 12.0 Å². The standard InChI is InChI=1S/C17H20ClN/c1-3-11-19-13(2)16-9-4-5-10-17(16)14-7-6-8-15(18)12-14/h4-10,12-13,19H,3,11H2,1-2H3. The Hall–Kier alpha value is -1.31. The van der Waals surface area contributed by atoms with Crippen LogP contribution < -0.4 is 5.32 Å². The molecule has 0 spiro atoms. The van der Waals surface area contributed by atoms with Gasteiger partial charge in [0.15, 0.2) is 0 Å². The molecule has 2 rings (SSSR count). The zero-order valence-electron chi connectivity index (χ0n) is 11.5. The van der Waals surface area contributed by atoms with Gasteiger partial charge in [-0.05, 0) is 48.7 Å². The summed E-state index contributed by atoms with van der Waals surface area (Å²) in [5, 5.41) is 4.32. The highest BCUT2D eigenvalue weighted by Crippen LogP contribution is 2.29. The Balaban J connectivity index is 2.35. The molecule has 0 aliphatic carbocycles. The van der Waals surface area contributed by atoms with Crippen LogP contribution in [0.5, 0.6) is 0 Å². The van der Waals surface area contributed by atoms with Crippen molar-refractivity contribution in [3.8, 4) is 11.1 Å². The van der Waals surface area contributed by atoms with E-state index in [2.05, 4.69) is 49.5 Å². The molecular formula is C17H20ClN. The van der Waals surface area contributed by atoms with Crippen LogP contribution in [0.1, 0.15) is 31.9 Å². The predicted octanol–water partition coefficient (Wildman–Crippen LogP) is 5.07. The third kappa shape index (κ3) is 3.59. The summed E-state index contributed by atoms with van der Waals surface area (Å²) in [7, 11) is 0. The van der Waals surface area contributed by atoms with Gasteiger partial charge in [0.25, 0.3) is 0 Å². The first-order chi connectivity index (χ1) is 9.22. The van der Waals surface area contributed by atoms with Gasteiger partial charge in [-0.1, -0.05) is 54.9 Å². The molecule has 1 unspecified atom stereocenters. The van der Waals surface area contributed by atoms with Gasteiger partial charge < -0.3 is 5.32 Å². The molecular weight excluding hydrogens is 254 g/mol.